The first kappa shape index (κ1) is 22.0. The molecule has 1 aromatic rings. The second-order valence-corrected chi connectivity index (χ2v) is 6.78. The van der Waals surface area contributed by atoms with Crippen LogP contribution in [0.1, 0.15) is 57.8 Å². The molecule has 146 valence electrons. The molecule has 1 N–H and O–H groups in total. The van der Waals surface area contributed by atoms with Gasteiger partial charge in [-0.05, 0) is 44.4 Å². The van der Waals surface area contributed by atoms with E-state index in [9.17, 15) is 9.59 Å². The average Bonchev–Trinajstić information content (AvgIpc) is 2.60. The summed E-state index contributed by atoms with van der Waals surface area (Å²) in [6.07, 6.45) is 1.42. The van der Waals surface area contributed by atoms with Gasteiger partial charge in [-0.25, -0.2) is 4.79 Å². The predicted molar refractivity (Wildman–Crippen MR) is 102 cm³/mol. The molecule has 0 heterocycles. The Kier molecular flexibility index (Phi) is 8.58. The molecule has 1 amide bonds. The molecule has 0 aliphatic carbocycles. The molecule has 0 radical (unpaired) electrons. The summed E-state index contributed by atoms with van der Waals surface area (Å²) >= 11 is 0. The minimum absolute atomic E-state index is 0.243. The highest BCUT2D eigenvalue weighted by atomic mass is 16.5. The van der Waals surface area contributed by atoms with Gasteiger partial charge in [0.15, 0.2) is 0 Å². The highest BCUT2D eigenvalue weighted by molar-refractivity contribution is 5.99. The van der Waals surface area contributed by atoms with Crippen LogP contribution in [0.3, 0.4) is 0 Å². The number of methoxy groups -OCH3 is 1. The van der Waals surface area contributed by atoms with Crippen LogP contribution < -0.4 is 10.1 Å². The van der Waals surface area contributed by atoms with E-state index in [1.807, 2.05) is 27.7 Å². The number of carbonyl (C=O) groups excluding carboxylic acids is 2. The maximum Gasteiger partial charge on any atom is 0.341 e. The van der Waals surface area contributed by atoms with Crippen molar-refractivity contribution < 1.29 is 23.8 Å². The maximum atomic E-state index is 12.7. The molecular weight excluding hydrogens is 334 g/mol. The van der Waals surface area contributed by atoms with Gasteiger partial charge in [0.2, 0.25) is 0 Å². The first-order valence-electron chi connectivity index (χ1n) is 9.07. The molecule has 1 aromatic carbocycles. The molecular formula is C20H31NO5. The molecule has 6 nitrogen and oxygen atoms in total. The fourth-order valence-corrected chi connectivity index (χ4v) is 2.57. The van der Waals surface area contributed by atoms with Gasteiger partial charge >= 0.3 is 5.97 Å². The molecule has 0 fully saturated rings. The largest absolute Gasteiger partial charge is 0.492 e. The standard InChI is InChI=1S/C20H31NO5/c1-7-11-20(5,26-8-2)19(23)21-15-9-10-17(25-13-14(3)4)16(12-15)18(22)24-6/h9-10,12,14H,7-8,11,13H2,1-6H3,(H,21,23). The van der Waals surface area contributed by atoms with Gasteiger partial charge in [-0.15, -0.1) is 0 Å². The van der Waals surface area contributed by atoms with E-state index in [2.05, 4.69) is 5.32 Å². The van der Waals surface area contributed by atoms with Gasteiger partial charge in [0.1, 0.15) is 16.9 Å². The van der Waals surface area contributed by atoms with Crippen LogP contribution in [-0.2, 0) is 14.3 Å². The van der Waals surface area contributed by atoms with E-state index in [1.165, 1.54) is 7.11 Å². The number of hydrogen-bond acceptors (Lipinski definition) is 5. The van der Waals surface area contributed by atoms with Crippen molar-refractivity contribution in [2.24, 2.45) is 5.92 Å². The molecule has 0 aliphatic rings. The SMILES string of the molecule is CCCC(C)(OCC)C(=O)Nc1ccc(OCC(C)C)c(C(=O)OC)c1. The zero-order valence-corrected chi connectivity index (χ0v) is 16.7. The summed E-state index contributed by atoms with van der Waals surface area (Å²) in [7, 11) is 1.31. The van der Waals surface area contributed by atoms with Crippen LogP contribution in [0.25, 0.3) is 0 Å². The summed E-state index contributed by atoms with van der Waals surface area (Å²) < 4.78 is 16.2. The third-order valence-corrected chi connectivity index (χ3v) is 3.89. The minimum Gasteiger partial charge on any atom is -0.492 e. The lowest BCUT2D eigenvalue weighted by atomic mass is 9.99. The Morgan fingerprint density at radius 1 is 1.23 bits per heavy atom. The van der Waals surface area contributed by atoms with E-state index in [4.69, 9.17) is 14.2 Å². The molecule has 0 spiro atoms. The summed E-state index contributed by atoms with van der Waals surface area (Å²) in [6.45, 7) is 10.6. The summed E-state index contributed by atoms with van der Waals surface area (Å²) in [5.74, 6) is -0.000606. The lowest BCUT2D eigenvalue weighted by molar-refractivity contribution is -0.139. The zero-order chi connectivity index (χ0) is 19.7. The lowest BCUT2D eigenvalue weighted by Gasteiger charge is -2.28. The van der Waals surface area contributed by atoms with E-state index in [0.717, 1.165) is 6.42 Å². The third kappa shape index (κ3) is 6.02. The van der Waals surface area contributed by atoms with Crippen molar-refractivity contribution in [2.45, 2.75) is 53.1 Å². The number of carbonyl (C=O) groups is 2. The highest BCUT2D eigenvalue weighted by Crippen LogP contribution is 2.26. The molecule has 0 saturated carbocycles. The number of benzene rings is 1. The van der Waals surface area contributed by atoms with E-state index in [0.29, 0.717) is 37.0 Å². The van der Waals surface area contributed by atoms with E-state index in [1.54, 1.807) is 25.1 Å². The Labute approximate surface area is 156 Å². The second-order valence-electron chi connectivity index (χ2n) is 6.78. The van der Waals surface area contributed by atoms with Gasteiger partial charge in [0.25, 0.3) is 5.91 Å². The highest BCUT2D eigenvalue weighted by Gasteiger charge is 2.33. The Morgan fingerprint density at radius 3 is 2.46 bits per heavy atom. The van der Waals surface area contributed by atoms with Crippen molar-refractivity contribution >= 4 is 17.6 Å². The number of amides is 1. The Hall–Kier alpha value is -2.08. The fraction of sp³-hybridized carbons (Fsp3) is 0.600. The fourth-order valence-electron chi connectivity index (χ4n) is 2.57. The summed E-state index contributed by atoms with van der Waals surface area (Å²) in [6, 6.07) is 4.94. The van der Waals surface area contributed by atoms with E-state index in [-0.39, 0.29) is 11.5 Å². The number of nitrogens with one attached hydrogen (secondary N) is 1. The van der Waals surface area contributed by atoms with Crippen molar-refractivity contribution in [1.82, 2.24) is 0 Å². The van der Waals surface area contributed by atoms with Crippen molar-refractivity contribution in [3.63, 3.8) is 0 Å². The Bertz CT molecular complexity index is 606. The zero-order valence-electron chi connectivity index (χ0n) is 16.7. The van der Waals surface area contributed by atoms with E-state index < -0.39 is 11.6 Å². The monoisotopic (exact) mass is 365 g/mol. The minimum atomic E-state index is -0.915. The molecule has 1 atom stereocenters. The van der Waals surface area contributed by atoms with Crippen molar-refractivity contribution in [3.05, 3.63) is 23.8 Å². The predicted octanol–water partition coefficient (Wildman–Crippen LogP) is 4.04. The number of esters is 1. The molecule has 6 heteroatoms. The first-order valence-corrected chi connectivity index (χ1v) is 9.07. The lowest BCUT2D eigenvalue weighted by Crippen LogP contribution is -2.42. The normalized spacial score (nSPS) is 13.2. The van der Waals surface area contributed by atoms with Crippen LogP contribution in [0.4, 0.5) is 5.69 Å². The third-order valence-electron chi connectivity index (χ3n) is 3.89. The van der Waals surface area contributed by atoms with Crippen LogP contribution >= 0.6 is 0 Å². The average molecular weight is 365 g/mol. The molecule has 0 bridgehead atoms. The molecule has 1 rings (SSSR count). The van der Waals surface area contributed by atoms with Gasteiger partial charge < -0.3 is 19.5 Å². The van der Waals surface area contributed by atoms with Gasteiger partial charge in [-0.3, -0.25) is 4.79 Å². The van der Waals surface area contributed by atoms with Crippen LogP contribution in [0.2, 0.25) is 0 Å². The van der Waals surface area contributed by atoms with Crippen molar-refractivity contribution in [2.75, 3.05) is 25.6 Å². The summed E-state index contributed by atoms with van der Waals surface area (Å²) in [5, 5.41) is 2.84. The number of rotatable bonds is 10. The number of hydrogen-bond donors (Lipinski definition) is 1. The maximum absolute atomic E-state index is 12.7. The topological polar surface area (TPSA) is 73.9 Å². The summed E-state index contributed by atoms with van der Waals surface area (Å²) in [5.41, 5.74) is -0.143. The molecule has 1 unspecified atom stereocenters. The van der Waals surface area contributed by atoms with Gasteiger partial charge in [0.05, 0.1) is 13.7 Å². The van der Waals surface area contributed by atoms with E-state index >= 15 is 0 Å². The number of ether oxygens (including phenoxy) is 3. The van der Waals surface area contributed by atoms with Crippen LogP contribution in [0.5, 0.6) is 5.75 Å². The van der Waals surface area contributed by atoms with Gasteiger partial charge in [-0.1, -0.05) is 27.2 Å². The molecule has 0 aliphatic heterocycles. The van der Waals surface area contributed by atoms with Crippen LogP contribution in [-0.4, -0.2) is 37.8 Å². The van der Waals surface area contributed by atoms with Crippen molar-refractivity contribution in [3.8, 4) is 5.75 Å². The van der Waals surface area contributed by atoms with Gasteiger partial charge in [0, 0.05) is 12.3 Å². The quantitative estimate of drug-likeness (QED) is 0.633. The Balaban J connectivity index is 3.06. The van der Waals surface area contributed by atoms with Gasteiger partial charge in [-0.2, -0.15) is 0 Å². The smallest absolute Gasteiger partial charge is 0.341 e. The van der Waals surface area contributed by atoms with Crippen LogP contribution in [0.15, 0.2) is 18.2 Å². The summed E-state index contributed by atoms with van der Waals surface area (Å²) in [4.78, 5) is 24.8. The number of anilines is 1. The molecule has 0 aromatic heterocycles. The first-order chi connectivity index (χ1) is 12.3. The van der Waals surface area contributed by atoms with Crippen molar-refractivity contribution in [1.29, 1.82) is 0 Å². The van der Waals surface area contributed by atoms with Crippen LogP contribution in [0, 0.1) is 5.92 Å². The molecule has 0 saturated heterocycles. The molecule has 26 heavy (non-hydrogen) atoms. The second kappa shape index (κ2) is 10.2. The Morgan fingerprint density at radius 2 is 1.92 bits per heavy atom.